The van der Waals surface area contributed by atoms with Crippen LogP contribution in [0.5, 0.6) is 0 Å². The lowest BCUT2D eigenvalue weighted by molar-refractivity contribution is 0.823. The summed E-state index contributed by atoms with van der Waals surface area (Å²) < 4.78 is 0. The smallest absolute Gasteiger partial charge is 0.193 e. The largest absolute Gasteiger partial charge is 0.412 e. The van der Waals surface area contributed by atoms with Gasteiger partial charge in [-0.3, -0.25) is 0 Å². The van der Waals surface area contributed by atoms with E-state index in [0.29, 0.717) is 10.0 Å². The molecule has 2 aromatic carbocycles. The van der Waals surface area contributed by atoms with Crippen LogP contribution in [0.3, 0.4) is 0 Å². The molecule has 0 saturated carbocycles. The van der Waals surface area contributed by atoms with Crippen molar-refractivity contribution in [3.8, 4) is 0 Å². The van der Waals surface area contributed by atoms with Crippen molar-refractivity contribution in [2.75, 3.05) is 0 Å². The summed E-state index contributed by atoms with van der Waals surface area (Å²) in [4.78, 5) is 0. The van der Waals surface area contributed by atoms with E-state index in [1.54, 1.807) is 6.07 Å². The van der Waals surface area contributed by atoms with Gasteiger partial charge in [0.2, 0.25) is 0 Å². The van der Waals surface area contributed by atoms with Gasteiger partial charge < -0.3 is 11.0 Å². The van der Waals surface area contributed by atoms with Crippen molar-refractivity contribution in [3.05, 3.63) is 58.6 Å². The second kappa shape index (κ2) is 7.35. The molecule has 2 aromatic rings. The first-order valence-electron chi connectivity index (χ1n) is 4.60. The van der Waals surface area contributed by atoms with Gasteiger partial charge in [-0.2, -0.15) is 0 Å². The van der Waals surface area contributed by atoms with Gasteiger partial charge in [0.15, 0.2) is 7.28 Å². The lowest BCUT2D eigenvalue weighted by Gasteiger charge is -2.03. The van der Waals surface area contributed by atoms with Crippen LogP contribution in [0.4, 0.5) is 0 Å². The molecule has 0 heterocycles. The average molecular weight is 270 g/mol. The van der Waals surface area contributed by atoms with Crippen LogP contribution in [-0.2, 0) is 0 Å². The predicted octanol–water partition coefficient (Wildman–Crippen LogP) is 0.999. The van der Waals surface area contributed by atoms with Crippen LogP contribution in [0, 0.1) is 0 Å². The van der Waals surface area contributed by atoms with Crippen molar-refractivity contribution >= 4 is 41.4 Å². The summed E-state index contributed by atoms with van der Waals surface area (Å²) in [5.74, 6) is 0. The van der Waals surface area contributed by atoms with Gasteiger partial charge in [0, 0.05) is 10.0 Å². The highest BCUT2D eigenvalue weighted by atomic mass is 35.5. The molecule has 0 aliphatic heterocycles. The molecule has 0 aliphatic carbocycles. The lowest BCUT2D eigenvalue weighted by Crippen LogP contribution is -2.27. The summed E-state index contributed by atoms with van der Waals surface area (Å²) in [5.41, 5.74) is 2.11. The van der Waals surface area contributed by atoms with E-state index in [0.717, 1.165) is 10.9 Å². The Kier molecular flexibility index (Phi) is 6.92. The van der Waals surface area contributed by atoms with E-state index < -0.39 is 0 Å². The first-order chi connectivity index (χ1) is 7.25. The molecule has 17 heavy (non-hydrogen) atoms. The van der Waals surface area contributed by atoms with Crippen LogP contribution in [0.2, 0.25) is 10.0 Å². The third-order valence-electron chi connectivity index (χ3n) is 2.08. The van der Waals surface area contributed by atoms with Gasteiger partial charge >= 0.3 is 0 Å². The van der Waals surface area contributed by atoms with Crippen molar-refractivity contribution < 1.29 is 11.0 Å². The van der Waals surface area contributed by atoms with E-state index in [-0.39, 0.29) is 11.0 Å². The van der Waals surface area contributed by atoms with E-state index in [1.807, 2.05) is 49.7 Å². The van der Waals surface area contributed by atoms with Crippen molar-refractivity contribution in [2.24, 2.45) is 0 Å². The van der Waals surface area contributed by atoms with Crippen molar-refractivity contribution in [3.63, 3.8) is 0 Å². The molecular formula is C12H12BCl2O2. The summed E-state index contributed by atoms with van der Waals surface area (Å²) >= 11 is 11.9. The van der Waals surface area contributed by atoms with E-state index in [9.17, 15) is 0 Å². The summed E-state index contributed by atoms with van der Waals surface area (Å²) in [7, 11) is 2.03. The van der Waals surface area contributed by atoms with Gasteiger partial charge in [-0.05, 0) is 12.1 Å². The minimum absolute atomic E-state index is 0. The second-order valence-corrected chi connectivity index (χ2v) is 4.06. The zero-order chi connectivity index (χ0) is 10.7. The zero-order valence-electron chi connectivity index (χ0n) is 8.95. The minimum Gasteiger partial charge on any atom is -0.412 e. The maximum absolute atomic E-state index is 6.06. The average Bonchev–Trinajstić information content (AvgIpc) is 2.24. The fraction of sp³-hybridized carbons (Fsp3) is 0. The number of benzene rings is 2. The molecule has 0 amide bonds. The zero-order valence-corrected chi connectivity index (χ0v) is 10.5. The van der Waals surface area contributed by atoms with Crippen molar-refractivity contribution in [1.82, 2.24) is 0 Å². The third kappa shape index (κ3) is 4.40. The standard InChI is InChI=1S/C12H8BCl2.2H2O/c14-10-6-7-11(12(15)8-10)13-9-4-2-1-3-5-9;;/h1-8H;2*1H2. The van der Waals surface area contributed by atoms with E-state index in [2.05, 4.69) is 0 Å². The SMILES string of the molecule is Clc1ccc([B]c2ccccc2)c(Cl)c1.O.O. The molecule has 0 atom stereocenters. The van der Waals surface area contributed by atoms with Crippen LogP contribution < -0.4 is 10.9 Å². The molecule has 0 aromatic heterocycles. The van der Waals surface area contributed by atoms with Crippen LogP contribution in [0.1, 0.15) is 0 Å². The van der Waals surface area contributed by atoms with Crippen LogP contribution in [0.25, 0.3) is 0 Å². The Morgan fingerprint density at radius 2 is 1.47 bits per heavy atom. The highest BCUT2D eigenvalue weighted by Gasteiger charge is 2.03. The molecule has 5 heteroatoms. The molecule has 2 nitrogen and oxygen atoms in total. The van der Waals surface area contributed by atoms with Gasteiger partial charge in [-0.25, -0.2) is 0 Å². The maximum Gasteiger partial charge on any atom is 0.193 e. The van der Waals surface area contributed by atoms with Gasteiger partial charge in [0.05, 0.1) is 0 Å². The van der Waals surface area contributed by atoms with Crippen molar-refractivity contribution in [1.29, 1.82) is 0 Å². The molecule has 0 bridgehead atoms. The third-order valence-corrected chi connectivity index (χ3v) is 2.65. The summed E-state index contributed by atoms with van der Waals surface area (Å²) in [6.07, 6.45) is 0. The molecule has 4 N–H and O–H groups in total. The summed E-state index contributed by atoms with van der Waals surface area (Å²) in [6.45, 7) is 0. The Morgan fingerprint density at radius 3 is 2.06 bits per heavy atom. The minimum atomic E-state index is 0. The number of halogens is 2. The molecule has 2 rings (SSSR count). The van der Waals surface area contributed by atoms with Crippen molar-refractivity contribution in [2.45, 2.75) is 0 Å². The Hall–Kier alpha value is -0.995. The molecule has 0 saturated heterocycles. The lowest BCUT2D eigenvalue weighted by atomic mass is 9.64. The van der Waals surface area contributed by atoms with E-state index in [4.69, 9.17) is 23.2 Å². The van der Waals surface area contributed by atoms with Crippen LogP contribution in [-0.4, -0.2) is 18.2 Å². The maximum atomic E-state index is 6.06. The van der Waals surface area contributed by atoms with E-state index in [1.165, 1.54) is 0 Å². The highest BCUT2D eigenvalue weighted by molar-refractivity contribution is 6.70. The Balaban J connectivity index is 0.00000128. The Labute approximate surface area is 111 Å². The fourth-order valence-electron chi connectivity index (χ4n) is 1.35. The van der Waals surface area contributed by atoms with E-state index >= 15 is 0 Å². The molecule has 0 unspecified atom stereocenters. The van der Waals surface area contributed by atoms with Gasteiger partial charge in [0.1, 0.15) is 0 Å². The molecule has 0 spiro atoms. The Morgan fingerprint density at radius 1 is 0.824 bits per heavy atom. The fourth-order valence-corrected chi connectivity index (χ4v) is 1.81. The first-order valence-corrected chi connectivity index (χ1v) is 5.36. The summed E-state index contributed by atoms with van der Waals surface area (Å²) in [6, 6.07) is 15.5. The highest BCUT2D eigenvalue weighted by Crippen LogP contribution is 2.12. The number of hydrogen-bond acceptors (Lipinski definition) is 0. The predicted molar refractivity (Wildman–Crippen MR) is 75.2 cm³/mol. The van der Waals surface area contributed by atoms with Gasteiger partial charge in [-0.15, -0.1) is 0 Å². The van der Waals surface area contributed by atoms with Gasteiger partial charge in [-0.1, -0.05) is 70.5 Å². The monoisotopic (exact) mass is 269 g/mol. The van der Waals surface area contributed by atoms with Crippen LogP contribution in [0.15, 0.2) is 48.5 Å². The topological polar surface area (TPSA) is 63.0 Å². The molecule has 89 valence electrons. The quantitative estimate of drug-likeness (QED) is 0.731. The Bertz CT molecular complexity index is 463. The molecular weight excluding hydrogens is 258 g/mol. The number of hydrogen-bond donors (Lipinski definition) is 0. The normalized spacial score (nSPS) is 8.82. The second-order valence-electron chi connectivity index (χ2n) is 3.22. The molecule has 0 fully saturated rings. The van der Waals surface area contributed by atoms with Crippen LogP contribution >= 0.6 is 23.2 Å². The molecule has 1 radical (unpaired) electrons. The van der Waals surface area contributed by atoms with Gasteiger partial charge in [0.25, 0.3) is 0 Å². The first kappa shape index (κ1) is 16.0. The molecule has 0 aliphatic rings. The summed E-state index contributed by atoms with van der Waals surface area (Å²) in [5, 5.41) is 1.33. The number of rotatable bonds is 2.